The van der Waals surface area contributed by atoms with Gasteiger partial charge in [0.15, 0.2) is 0 Å². The van der Waals surface area contributed by atoms with E-state index in [1.807, 2.05) is 37.3 Å². The topological polar surface area (TPSA) is 97.8 Å². The van der Waals surface area contributed by atoms with Crippen molar-refractivity contribution in [1.82, 2.24) is 14.8 Å². The zero-order valence-electron chi connectivity index (χ0n) is 15.2. The fourth-order valence-corrected chi connectivity index (χ4v) is 2.94. The highest BCUT2D eigenvalue weighted by Crippen LogP contribution is 2.15. The number of hydrogen-bond donors (Lipinski definition) is 3. The zero-order chi connectivity index (χ0) is 19.2. The van der Waals surface area contributed by atoms with Gasteiger partial charge in [0.05, 0.1) is 11.9 Å². The van der Waals surface area contributed by atoms with E-state index < -0.39 is 6.09 Å². The van der Waals surface area contributed by atoms with E-state index in [2.05, 4.69) is 20.5 Å². The number of anilines is 2. The van der Waals surface area contributed by atoms with Crippen molar-refractivity contribution in [3.05, 3.63) is 53.9 Å². The minimum absolute atomic E-state index is 0.326. The smallest absolute Gasteiger partial charge is 0.407 e. The summed E-state index contributed by atoms with van der Waals surface area (Å²) in [6.45, 7) is 5.03. The average Bonchev–Trinajstić information content (AvgIpc) is 2.64. The second-order valence-electron chi connectivity index (χ2n) is 6.51. The molecule has 8 nitrogen and oxygen atoms in total. The molecule has 3 rings (SSSR count). The van der Waals surface area contributed by atoms with Crippen LogP contribution in [0.5, 0.6) is 0 Å². The Morgan fingerprint density at radius 3 is 2.48 bits per heavy atom. The summed E-state index contributed by atoms with van der Waals surface area (Å²) in [5, 5.41) is 14.6. The number of benzene rings is 1. The Bertz CT molecular complexity index is 801. The van der Waals surface area contributed by atoms with Crippen molar-refractivity contribution in [3.8, 4) is 0 Å². The largest absolute Gasteiger partial charge is 0.465 e. The van der Waals surface area contributed by atoms with E-state index in [0.717, 1.165) is 11.3 Å². The standard InChI is InChI=1S/C19H23N5O3/c1-14-5-6-17(12-20-14)22-18(25)21-16-4-2-3-15(11-16)13-23-7-9-24(10-8-23)19(26)27/h2-6,11-12H,7-10,13H2,1H3,(H,26,27)(H2,21,22,25). The van der Waals surface area contributed by atoms with Gasteiger partial charge in [-0.25, -0.2) is 9.59 Å². The molecular weight excluding hydrogens is 346 g/mol. The van der Waals surface area contributed by atoms with Crippen LogP contribution in [-0.2, 0) is 6.54 Å². The molecule has 8 heteroatoms. The van der Waals surface area contributed by atoms with Crippen molar-refractivity contribution in [3.63, 3.8) is 0 Å². The van der Waals surface area contributed by atoms with Gasteiger partial charge in [-0.05, 0) is 36.8 Å². The summed E-state index contributed by atoms with van der Waals surface area (Å²) < 4.78 is 0. The maximum absolute atomic E-state index is 12.1. The van der Waals surface area contributed by atoms with Gasteiger partial charge in [-0.1, -0.05) is 12.1 Å². The van der Waals surface area contributed by atoms with Crippen molar-refractivity contribution in [2.75, 3.05) is 36.8 Å². The second-order valence-corrected chi connectivity index (χ2v) is 6.51. The van der Waals surface area contributed by atoms with E-state index in [1.165, 1.54) is 4.90 Å². The van der Waals surface area contributed by atoms with Crippen LogP contribution in [0.25, 0.3) is 0 Å². The van der Waals surface area contributed by atoms with Crippen molar-refractivity contribution in [1.29, 1.82) is 0 Å². The van der Waals surface area contributed by atoms with Gasteiger partial charge in [-0.3, -0.25) is 9.88 Å². The first-order valence-electron chi connectivity index (χ1n) is 8.79. The van der Waals surface area contributed by atoms with E-state index in [-0.39, 0.29) is 6.03 Å². The van der Waals surface area contributed by atoms with Crippen LogP contribution < -0.4 is 10.6 Å². The predicted molar refractivity (Wildman–Crippen MR) is 103 cm³/mol. The van der Waals surface area contributed by atoms with Crippen molar-refractivity contribution in [2.24, 2.45) is 0 Å². The van der Waals surface area contributed by atoms with Gasteiger partial charge in [0.1, 0.15) is 0 Å². The first kappa shape index (κ1) is 18.7. The fourth-order valence-electron chi connectivity index (χ4n) is 2.94. The van der Waals surface area contributed by atoms with E-state index in [1.54, 1.807) is 12.3 Å². The van der Waals surface area contributed by atoms with Gasteiger partial charge in [0, 0.05) is 44.1 Å². The Hall–Kier alpha value is -3.13. The van der Waals surface area contributed by atoms with Gasteiger partial charge in [-0.15, -0.1) is 0 Å². The Labute approximate surface area is 157 Å². The molecule has 0 aliphatic carbocycles. The van der Waals surface area contributed by atoms with Crippen LogP contribution in [0.1, 0.15) is 11.3 Å². The Balaban J connectivity index is 1.53. The molecule has 2 aromatic rings. The molecule has 1 aromatic carbocycles. The molecule has 1 aromatic heterocycles. The highest BCUT2D eigenvalue weighted by atomic mass is 16.4. The molecule has 0 unspecified atom stereocenters. The normalized spacial score (nSPS) is 14.6. The first-order valence-corrected chi connectivity index (χ1v) is 8.79. The number of amides is 3. The van der Waals surface area contributed by atoms with Crippen LogP contribution in [0.2, 0.25) is 0 Å². The number of nitrogens with zero attached hydrogens (tertiary/aromatic N) is 3. The number of carbonyl (C=O) groups is 2. The number of carbonyl (C=O) groups excluding carboxylic acids is 1. The SMILES string of the molecule is Cc1ccc(NC(=O)Nc2cccc(CN3CCN(C(=O)O)CC3)c2)cn1. The third-order valence-corrected chi connectivity index (χ3v) is 4.40. The maximum Gasteiger partial charge on any atom is 0.407 e. The van der Waals surface area contributed by atoms with Gasteiger partial charge in [-0.2, -0.15) is 0 Å². The quantitative estimate of drug-likeness (QED) is 0.770. The Morgan fingerprint density at radius 2 is 1.81 bits per heavy atom. The minimum Gasteiger partial charge on any atom is -0.465 e. The third-order valence-electron chi connectivity index (χ3n) is 4.40. The van der Waals surface area contributed by atoms with E-state index in [9.17, 15) is 9.59 Å². The molecule has 0 spiro atoms. The zero-order valence-corrected chi connectivity index (χ0v) is 15.2. The fraction of sp³-hybridized carbons (Fsp3) is 0.316. The van der Waals surface area contributed by atoms with E-state index >= 15 is 0 Å². The molecule has 1 saturated heterocycles. The van der Waals surface area contributed by atoms with Crippen LogP contribution in [0, 0.1) is 6.92 Å². The average molecular weight is 369 g/mol. The number of pyridine rings is 1. The molecule has 1 fully saturated rings. The van der Waals surface area contributed by atoms with Crippen LogP contribution in [0.4, 0.5) is 21.0 Å². The molecule has 3 N–H and O–H groups in total. The van der Waals surface area contributed by atoms with Crippen molar-refractivity contribution in [2.45, 2.75) is 13.5 Å². The summed E-state index contributed by atoms with van der Waals surface area (Å²) in [5.74, 6) is 0. The van der Waals surface area contributed by atoms with Crippen LogP contribution >= 0.6 is 0 Å². The molecular formula is C19H23N5O3. The number of hydrogen-bond acceptors (Lipinski definition) is 4. The van der Waals surface area contributed by atoms with Crippen LogP contribution in [0.15, 0.2) is 42.6 Å². The number of piperazine rings is 1. The summed E-state index contributed by atoms with van der Waals surface area (Å²) in [7, 11) is 0. The van der Waals surface area contributed by atoms with E-state index in [4.69, 9.17) is 5.11 Å². The van der Waals surface area contributed by atoms with Gasteiger partial charge < -0.3 is 20.6 Å². The monoisotopic (exact) mass is 369 g/mol. The number of aromatic nitrogens is 1. The van der Waals surface area contributed by atoms with Gasteiger partial charge >= 0.3 is 12.1 Å². The summed E-state index contributed by atoms with van der Waals surface area (Å²) in [5.41, 5.74) is 3.28. The van der Waals surface area contributed by atoms with Crippen molar-refractivity contribution >= 4 is 23.5 Å². The summed E-state index contributed by atoms with van der Waals surface area (Å²) in [6.07, 6.45) is 0.748. The molecule has 1 aliphatic heterocycles. The highest BCUT2D eigenvalue weighted by Gasteiger charge is 2.20. The maximum atomic E-state index is 12.1. The predicted octanol–water partition coefficient (Wildman–Crippen LogP) is 2.83. The third kappa shape index (κ3) is 5.42. The lowest BCUT2D eigenvalue weighted by molar-refractivity contribution is 0.103. The molecule has 3 amide bonds. The lowest BCUT2D eigenvalue weighted by Crippen LogP contribution is -2.47. The summed E-state index contributed by atoms with van der Waals surface area (Å²) in [6, 6.07) is 11.0. The Kier molecular flexibility index (Phi) is 5.87. The molecule has 0 bridgehead atoms. The minimum atomic E-state index is -0.865. The summed E-state index contributed by atoms with van der Waals surface area (Å²) in [4.78, 5) is 30.9. The lowest BCUT2D eigenvalue weighted by Gasteiger charge is -2.33. The van der Waals surface area contributed by atoms with Gasteiger partial charge in [0.25, 0.3) is 0 Å². The number of rotatable bonds is 4. The summed E-state index contributed by atoms with van der Waals surface area (Å²) >= 11 is 0. The van der Waals surface area contributed by atoms with E-state index in [0.29, 0.717) is 44.1 Å². The molecule has 0 saturated carbocycles. The number of nitrogens with one attached hydrogen (secondary N) is 2. The van der Waals surface area contributed by atoms with Crippen molar-refractivity contribution < 1.29 is 14.7 Å². The molecule has 0 radical (unpaired) electrons. The van der Waals surface area contributed by atoms with Gasteiger partial charge in [0.2, 0.25) is 0 Å². The first-order chi connectivity index (χ1) is 13.0. The Morgan fingerprint density at radius 1 is 1.07 bits per heavy atom. The molecule has 1 aliphatic rings. The second kappa shape index (κ2) is 8.50. The lowest BCUT2D eigenvalue weighted by atomic mass is 10.1. The van der Waals surface area contributed by atoms with Crippen LogP contribution in [0.3, 0.4) is 0 Å². The molecule has 27 heavy (non-hydrogen) atoms. The number of carboxylic acid groups (broad SMARTS) is 1. The number of urea groups is 1. The highest BCUT2D eigenvalue weighted by molar-refractivity contribution is 5.99. The molecule has 2 heterocycles. The molecule has 142 valence electrons. The number of aryl methyl sites for hydroxylation is 1. The van der Waals surface area contributed by atoms with Crippen LogP contribution in [-0.4, -0.2) is 58.2 Å². The molecule has 0 atom stereocenters.